The van der Waals surface area contributed by atoms with Gasteiger partial charge in [0.05, 0.1) is 0 Å². The molecule has 0 spiro atoms. The standard InChI is InChI=1S/Pd.Pt.Rh.Sn. The Bertz CT molecular complexity index is 8.00. The van der Waals surface area contributed by atoms with E-state index < -0.39 is 0 Å². The molecule has 0 amide bonds. The van der Waals surface area contributed by atoms with E-state index in [1.165, 1.54) is 0 Å². The van der Waals surface area contributed by atoms with Gasteiger partial charge in [-0.15, -0.1) is 0 Å². The average molecular weight is 523 g/mol. The maximum Gasteiger partial charge on any atom is 0 e. The zero-order valence-corrected chi connectivity index (χ0v) is 9.79. The maximum absolute atomic E-state index is 0. The summed E-state index contributed by atoms with van der Waals surface area (Å²) in [7, 11) is 0. The fourth-order valence-electron chi connectivity index (χ4n) is 0. The zero-order valence-electron chi connectivity index (χ0n) is 1.47. The molecule has 0 N–H and O–H groups in total. The molecule has 0 heterocycles. The summed E-state index contributed by atoms with van der Waals surface area (Å²) in [5.74, 6) is 0. The predicted octanol–water partition coefficient (Wildman–Crippen LogP) is -0.388. The van der Waals surface area contributed by atoms with Crippen molar-refractivity contribution in [2.45, 2.75) is 0 Å². The molecule has 0 aromatic heterocycles. The smallest absolute Gasteiger partial charge is 0 e. The Balaban J connectivity index is 0. The minimum atomic E-state index is 0. The SMILES string of the molecule is [Pd].[Pt].[Rh].[Sn]. The van der Waals surface area contributed by atoms with E-state index in [9.17, 15) is 0 Å². The topological polar surface area (TPSA) is 0 Å². The van der Waals surface area contributed by atoms with Gasteiger partial charge in [0.2, 0.25) is 0 Å². The van der Waals surface area contributed by atoms with Gasteiger partial charge < -0.3 is 0 Å². The first kappa shape index (κ1) is 29.4. The molecule has 0 atom stereocenters. The monoisotopic (exact) mass is 524 g/mol. The van der Waals surface area contributed by atoms with Crippen molar-refractivity contribution in [3.63, 3.8) is 0 Å². The van der Waals surface area contributed by atoms with Gasteiger partial charge in [0, 0.05) is 84.9 Å². The van der Waals surface area contributed by atoms with Gasteiger partial charge in [0.15, 0.2) is 0 Å². The first-order chi connectivity index (χ1) is 0. The largest absolute Gasteiger partial charge is 0 e. The maximum atomic E-state index is 0. The number of rotatable bonds is 0. The van der Waals surface area contributed by atoms with Crippen molar-refractivity contribution >= 4 is 23.9 Å². The Kier molecular flexibility index (Phi) is 126. The first-order valence-electron chi connectivity index (χ1n) is 0. The van der Waals surface area contributed by atoms with Gasteiger partial charge in [-0.2, -0.15) is 0 Å². The molecule has 0 saturated heterocycles. The van der Waals surface area contributed by atoms with Crippen molar-refractivity contribution in [3.8, 4) is 0 Å². The molecule has 4 heavy (non-hydrogen) atoms. The molecule has 0 aliphatic carbocycles. The summed E-state index contributed by atoms with van der Waals surface area (Å²) < 4.78 is 0. The normalized spacial score (nSPS) is 0. The summed E-state index contributed by atoms with van der Waals surface area (Å²) >= 11 is 0. The van der Waals surface area contributed by atoms with Crippen LogP contribution in [-0.4, -0.2) is 23.9 Å². The second-order valence-corrected chi connectivity index (χ2v) is 0. The number of hydrogen-bond donors (Lipinski definition) is 0. The molecule has 0 fully saturated rings. The van der Waals surface area contributed by atoms with Gasteiger partial charge in [-0.1, -0.05) is 0 Å². The van der Waals surface area contributed by atoms with E-state index in [1.54, 1.807) is 0 Å². The molecule has 0 aromatic rings. The van der Waals surface area contributed by atoms with Crippen molar-refractivity contribution in [3.05, 3.63) is 0 Å². The zero-order chi connectivity index (χ0) is 0. The molecular formula is PdPtRhSn. The molecule has 0 rings (SSSR count). The van der Waals surface area contributed by atoms with Crippen LogP contribution in [0, 0.1) is 0 Å². The molecule has 33 valence electrons. The van der Waals surface area contributed by atoms with Crippen molar-refractivity contribution in [1.29, 1.82) is 0 Å². The number of hydrogen-bond acceptors (Lipinski definition) is 0. The van der Waals surface area contributed by atoms with E-state index in [2.05, 4.69) is 0 Å². The van der Waals surface area contributed by atoms with E-state index in [0.29, 0.717) is 0 Å². The summed E-state index contributed by atoms with van der Waals surface area (Å²) in [5.41, 5.74) is 0. The Morgan fingerprint density at radius 1 is 1.00 bits per heavy atom. The quantitative estimate of drug-likeness (QED) is 0.380. The molecule has 0 unspecified atom stereocenters. The van der Waals surface area contributed by atoms with Crippen LogP contribution in [0.1, 0.15) is 0 Å². The van der Waals surface area contributed by atoms with Crippen LogP contribution in [0.25, 0.3) is 0 Å². The van der Waals surface area contributed by atoms with E-state index in [4.69, 9.17) is 0 Å². The van der Waals surface area contributed by atoms with Gasteiger partial charge in [-0.3, -0.25) is 0 Å². The molecule has 0 nitrogen and oxygen atoms in total. The van der Waals surface area contributed by atoms with E-state index >= 15 is 0 Å². The first-order valence-corrected chi connectivity index (χ1v) is 0. The fraction of sp³-hybridized carbons (Fsp3) is 0. The van der Waals surface area contributed by atoms with Gasteiger partial charge in [0.25, 0.3) is 0 Å². The minimum absolute atomic E-state index is 0. The summed E-state index contributed by atoms with van der Waals surface area (Å²) in [4.78, 5) is 0. The summed E-state index contributed by atoms with van der Waals surface area (Å²) in [6.45, 7) is 0. The van der Waals surface area contributed by atoms with Crippen molar-refractivity contribution in [1.82, 2.24) is 0 Å². The van der Waals surface area contributed by atoms with Gasteiger partial charge >= 0.3 is 0 Å². The molecule has 5 radical (unpaired) electrons. The second kappa shape index (κ2) is 17.1. The fourth-order valence-corrected chi connectivity index (χ4v) is 0. The Hall–Kier alpha value is 2.77. The van der Waals surface area contributed by atoms with Gasteiger partial charge in [0.1, 0.15) is 0 Å². The Morgan fingerprint density at radius 3 is 1.00 bits per heavy atom. The Labute approximate surface area is 83.5 Å². The van der Waals surface area contributed by atoms with Gasteiger partial charge in [-0.25, -0.2) is 0 Å². The van der Waals surface area contributed by atoms with Crippen LogP contribution in [-0.2, 0) is 61.0 Å². The van der Waals surface area contributed by atoms with E-state index in [-0.39, 0.29) is 84.9 Å². The molecule has 4 heteroatoms. The van der Waals surface area contributed by atoms with E-state index in [0.717, 1.165) is 0 Å². The molecule has 0 bridgehead atoms. The minimum Gasteiger partial charge on any atom is 0 e. The summed E-state index contributed by atoms with van der Waals surface area (Å²) in [6.07, 6.45) is 0. The molecule has 0 aliphatic heterocycles. The van der Waals surface area contributed by atoms with Crippen LogP contribution in [0.3, 0.4) is 0 Å². The molecule has 0 aliphatic rings. The van der Waals surface area contributed by atoms with Crippen LogP contribution in [0.15, 0.2) is 0 Å². The second-order valence-electron chi connectivity index (χ2n) is 0. The van der Waals surface area contributed by atoms with Crippen molar-refractivity contribution < 1.29 is 61.0 Å². The van der Waals surface area contributed by atoms with Crippen LogP contribution < -0.4 is 0 Å². The third-order valence-electron chi connectivity index (χ3n) is 0. The van der Waals surface area contributed by atoms with Crippen molar-refractivity contribution in [2.24, 2.45) is 0 Å². The predicted molar refractivity (Wildman–Crippen MR) is 5.75 cm³/mol. The molecule has 0 saturated carbocycles. The van der Waals surface area contributed by atoms with Gasteiger partial charge in [-0.05, 0) is 0 Å². The third-order valence-corrected chi connectivity index (χ3v) is 0. The summed E-state index contributed by atoms with van der Waals surface area (Å²) in [5, 5.41) is 0. The third kappa shape index (κ3) is 8.84. The van der Waals surface area contributed by atoms with E-state index in [1.807, 2.05) is 0 Å². The Morgan fingerprint density at radius 2 is 1.00 bits per heavy atom. The molecule has 0 aromatic carbocycles. The molecular weight excluding hydrogens is 523 g/mol. The summed E-state index contributed by atoms with van der Waals surface area (Å²) in [6, 6.07) is 0. The van der Waals surface area contributed by atoms with Crippen LogP contribution >= 0.6 is 0 Å². The van der Waals surface area contributed by atoms with Crippen LogP contribution in [0.2, 0.25) is 0 Å². The average Bonchev–Trinajstić information content (AvgIpc) is 0. The van der Waals surface area contributed by atoms with Crippen LogP contribution in [0.4, 0.5) is 0 Å². The van der Waals surface area contributed by atoms with Crippen molar-refractivity contribution in [2.75, 3.05) is 0 Å². The van der Waals surface area contributed by atoms with Crippen LogP contribution in [0.5, 0.6) is 0 Å².